The number of hydrogen-bond acceptors (Lipinski definition) is 7. The highest BCUT2D eigenvalue weighted by molar-refractivity contribution is 6.67. The van der Waals surface area contributed by atoms with Crippen molar-refractivity contribution in [2.24, 2.45) is 5.73 Å². The molecule has 2 heterocycles. The summed E-state index contributed by atoms with van der Waals surface area (Å²) >= 11 is 16.8. The lowest BCUT2D eigenvalue weighted by molar-refractivity contribution is -0.148. The minimum absolute atomic E-state index is 0.0110. The first kappa shape index (κ1) is 22.3. The lowest BCUT2D eigenvalue weighted by Gasteiger charge is -2.33. The normalized spacial score (nSPS) is 23.6. The van der Waals surface area contributed by atoms with Gasteiger partial charge in [-0.05, 0) is 6.07 Å². The summed E-state index contributed by atoms with van der Waals surface area (Å²) in [5.41, 5.74) is 6.60. The Morgan fingerprint density at radius 3 is 2.55 bits per heavy atom. The smallest absolute Gasteiger partial charge is 0.456 e. The number of halogens is 4. The van der Waals surface area contributed by atoms with Crippen molar-refractivity contribution < 1.29 is 28.2 Å². The molecule has 2 fully saturated rings. The zero-order chi connectivity index (χ0) is 21.2. The molecule has 2 N–H and O–H groups in total. The highest BCUT2D eigenvalue weighted by Gasteiger charge is 2.55. The molecule has 2 aliphatic rings. The van der Waals surface area contributed by atoms with Gasteiger partial charge in [0.05, 0.1) is 18.9 Å². The molecule has 1 aromatic carbocycles. The maximum Gasteiger partial charge on any atom is 0.523 e. The maximum atomic E-state index is 14.9. The van der Waals surface area contributed by atoms with Crippen molar-refractivity contribution >= 4 is 58.2 Å². The fraction of sp³-hybridized carbons (Fsp3) is 0.529. The summed E-state index contributed by atoms with van der Waals surface area (Å²) in [5, 5.41) is 0. The summed E-state index contributed by atoms with van der Waals surface area (Å²) in [5.74, 6) is -1.53. The molecular formula is C17H20Cl3FN3O5+. The molecule has 0 saturated carbocycles. The van der Waals surface area contributed by atoms with E-state index in [4.69, 9.17) is 54.7 Å². The highest BCUT2D eigenvalue weighted by atomic mass is 35.6. The van der Waals surface area contributed by atoms with E-state index in [1.165, 1.54) is 6.07 Å². The molecule has 0 radical (unpaired) electrons. The van der Waals surface area contributed by atoms with Crippen molar-refractivity contribution in [1.82, 2.24) is 4.48 Å². The minimum Gasteiger partial charge on any atom is -0.456 e. The van der Waals surface area contributed by atoms with Crippen LogP contribution in [0.3, 0.4) is 0 Å². The predicted molar refractivity (Wildman–Crippen MR) is 107 cm³/mol. The van der Waals surface area contributed by atoms with Crippen LogP contribution in [0.4, 0.5) is 20.6 Å². The van der Waals surface area contributed by atoms with E-state index in [1.807, 2.05) is 4.90 Å². The topological polar surface area (TPSA) is 91.1 Å². The molecule has 1 aromatic rings. The van der Waals surface area contributed by atoms with Crippen molar-refractivity contribution in [3.63, 3.8) is 0 Å². The zero-order valence-corrected chi connectivity index (χ0v) is 17.6. The van der Waals surface area contributed by atoms with Crippen molar-refractivity contribution in [2.45, 2.75) is 9.96 Å². The van der Waals surface area contributed by atoms with Crippen molar-refractivity contribution in [3.8, 4) is 0 Å². The van der Waals surface area contributed by atoms with Crippen LogP contribution in [0.15, 0.2) is 18.2 Å². The van der Waals surface area contributed by atoms with E-state index in [1.54, 1.807) is 12.1 Å². The standard InChI is InChI=1S/C17H20Cl3FN3O5/c18-17(19,20)10-29-15(25)14(22)24(5-8-28-16(24)26)11-1-2-13(12(21)9-11)23-3-6-27-7-4-23/h1-2,9,14H,3-8,10,22H2/q+1. The predicted octanol–water partition coefficient (Wildman–Crippen LogP) is 2.32. The van der Waals surface area contributed by atoms with E-state index >= 15 is 0 Å². The maximum absolute atomic E-state index is 14.9. The van der Waals surface area contributed by atoms with Gasteiger partial charge in [0.1, 0.15) is 25.4 Å². The Morgan fingerprint density at radius 1 is 1.31 bits per heavy atom. The van der Waals surface area contributed by atoms with Crippen LogP contribution in [0.5, 0.6) is 0 Å². The van der Waals surface area contributed by atoms with Gasteiger partial charge in [-0.2, -0.15) is 9.28 Å². The molecule has 0 spiro atoms. The van der Waals surface area contributed by atoms with Crippen molar-refractivity contribution in [1.29, 1.82) is 0 Å². The number of carbonyl (C=O) groups is 2. The highest BCUT2D eigenvalue weighted by Crippen LogP contribution is 2.34. The molecule has 2 atom stereocenters. The van der Waals surface area contributed by atoms with E-state index in [-0.39, 0.29) is 18.8 Å². The average molecular weight is 472 g/mol. The first-order valence-corrected chi connectivity index (χ1v) is 9.95. The molecule has 160 valence electrons. The summed E-state index contributed by atoms with van der Waals surface area (Å²) in [6.45, 7) is 1.56. The van der Waals surface area contributed by atoms with Crippen LogP contribution in [0.1, 0.15) is 0 Å². The molecule has 0 bridgehead atoms. The lowest BCUT2D eigenvalue weighted by atomic mass is 10.1. The van der Waals surface area contributed by atoms with Gasteiger partial charge in [0.25, 0.3) is 6.17 Å². The minimum atomic E-state index is -1.84. The van der Waals surface area contributed by atoms with Gasteiger partial charge in [-0.3, -0.25) is 5.73 Å². The number of benzene rings is 1. The Bertz CT molecular complexity index is 788. The second-order valence-corrected chi connectivity index (χ2v) is 9.13. The Hall–Kier alpha value is -1.36. The van der Waals surface area contributed by atoms with Crippen LogP contribution < -0.4 is 15.1 Å². The number of nitrogens with two attached hydrogens (primary N) is 1. The van der Waals surface area contributed by atoms with Crippen LogP contribution in [0.2, 0.25) is 0 Å². The fourth-order valence-corrected chi connectivity index (χ4v) is 3.52. The van der Waals surface area contributed by atoms with Gasteiger partial charge in [0.2, 0.25) is 3.79 Å². The second kappa shape index (κ2) is 8.79. The molecule has 8 nitrogen and oxygen atoms in total. The van der Waals surface area contributed by atoms with E-state index < -0.39 is 38.9 Å². The number of alkyl halides is 3. The molecule has 0 aromatic heterocycles. The number of morpholine rings is 1. The average Bonchev–Trinajstić information content (AvgIpc) is 3.07. The summed E-state index contributed by atoms with van der Waals surface area (Å²) in [4.78, 5) is 26.9. The quantitative estimate of drug-likeness (QED) is 0.400. The number of hydrogen-bond donors (Lipinski definition) is 1. The van der Waals surface area contributed by atoms with E-state index in [9.17, 15) is 14.0 Å². The van der Waals surface area contributed by atoms with Gasteiger partial charge in [0.15, 0.2) is 5.82 Å². The first-order chi connectivity index (χ1) is 13.6. The summed E-state index contributed by atoms with van der Waals surface area (Å²) < 4.78 is 27.6. The van der Waals surface area contributed by atoms with E-state index in [2.05, 4.69) is 0 Å². The van der Waals surface area contributed by atoms with Gasteiger partial charge >= 0.3 is 12.1 Å². The largest absolute Gasteiger partial charge is 0.523 e. The lowest BCUT2D eigenvalue weighted by Crippen LogP contribution is -2.65. The monoisotopic (exact) mass is 470 g/mol. The van der Waals surface area contributed by atoms with Crippen LogP contribution >= 0.6 is 34.8 Å². The van der Waals surface area contributed by atoms with Crippen molar-refractivity contribution in [3.05, 3.63) is 24.0 Å². The third-order valence-corrected chi connectivity index (χ3v) is 5.16. The molecule has 0 aliphatic carbocycles. The van der Waals surface area contributed by atoms with Gasteiger partial charge < -0.3 is 19.1 Å². The fourth-order valence-electron chi connectivity index (χ4n) is 3.35. The number of anilines is 1. The molecule has 29 heavy (non-hydrogen) atoms. The SMILES string of the molecule is NC(C(=O)OCC(Cl)(Cl)Cl)[N+]1(c2ccc(N3CCOCC3)c(F)c2)CCOC1=O. The van der Waals surface area contributed by atoms with Gasteiger partial charge in [0, 0.05) is 25.2 Å². The Morgan fingerprint density at radius 2 is 2.00 bits per heavy atom. The molecule has 2 unspecified atom stereocenters. The zero-order valence-electron chi connectivity index (χ0n) is 15.3. The Kier molecular flexibility index (Phi) is 6.77. The number of ether oxygens (including phenoxy) is 3. The number of nitrogens with zero attached hydrogens (tertiary/aromatic N) is 2. The van der Waals surface area contributed by atoms with Crippen LogP contribution in [0.25, 0.3) is 0 Å². The van der Waals surface area contributed by atoms with Crippen LogP contribution in [-0.2, 0) is 19.0 Å². The third kappa shape index (κ3) is 4.70. The molecule has 1 amide bonds. The summed E-state index contributed by atoms with van der Waals surface area (Å²) in [7, 11) is 0. The third-order valence-electron chi connectivity index (χ3n) is 4.83. The molecule has 2 saturated heterocycles. The number of rotatable bonds is 5. The van der Waals surface area contributed by atoms with Gasteiger partial charge in [-0.25, -0.2) is 9.18 Å². The second-order valence-electron chi connectivity index (χ2n) is 6.61. The van der Waals surface area contributed by atoms with E-state index in [0.29, 0.717) is 32.0 Å². The van der Waals surface area contributed by atoms with Crippen LogP contribution in [-0.4, -0.2) is 68.1 Å². The Balaban J connectivity index is 1.89. The molecule has 3 rings (SSSR count). The van der Waals surface area contributed by atoms with Gasteiger partial charge in [-0.15, -0.1) is 0 Å². The number of esters is 1. The van der Waals surface area contributed by atoms with Crippen molar-refractivity contribution in [2.75, 3.05) is 51.0 Å². The Labute approximate surface area is 181 Å². The number of quaternary nitrogens is 1. The number of amides is 1. The van der Waals surface area contributed by atoms with E-state index in [0.717, 1.165) is 0 Å². The van der Waals surface area contributed by atoms with Gasteiger partial charge in [-0.1, -0.05) is 34.8 Å². The number of carbonyl (C=O) groups excluding carboxylic acids is 2. The van der Waals surface area contributed by atoms with Crippen LogP contribution in [0, 0.1) is 5.82 Å². The molecule has 12 heteroatoms. The molecular weight excluding hydrogens is 452 g/mol. The first-order valence-electron chi connectivity index (χ1n) is 8.82. The number of cyclic esters (lactones) is 1. The molecule has 2 aliphatic heterocycles. The summed E-state index contributed by atoms with van der Waals surface area (Å²) in [6, 6.07) is 4.27. The summed E-state index contributed by atoms with van der Waals surface area (Å²) in [6.07, 6.45) is -2.31.